The predicted octanol–water partition coefficient (Wildman–Crippen LogP) is 3.80. The number of aliphatic carboxylic acids is 1. The van der Waals surface area contributed by atoms with Crippen molar-refractivity contribution in [3.8, 4) is 0 Å². The van der Waals surface area contributed by atoms with Crippen molar-refractivity contribution >= 4 is 28.9 Å². The molecule has 1 aromatic carbocycles. The number of carboxylic acids is 1. The fourth-order valence-corrected chi connectivity index (χ4v) is 2.39. The number of benzene rings is 1. The average molecular weight is 315 g/mol. The maximum absolute atomic E-state index is 11.0. The van der Waals surface area contributed by atoms with Crippen molar-refractivity contribution < 1.29 is 14.8 Å². The summed E-state index contributed by atoms with van der Waals surface area (Å²) in [5.41, 5.74) is 0.240. The molecule has 0 aliphatic carbocycles. The SMILES string of the molecule is CC(C)CC(CNc1cc(Cl)ccc1[N+](=O)[O-])CC(=O)O. The summed E-state index contributed by atoms with van der Waals surface area (Å²) in [6.45, 7) is 4.37. The van der Waals surface area contributed by atoms with Gasteiger partial charge in [-0.3, -0.25) is 14.9 Å². The van der Waals surface area contributed by atoms with Gasteiger partial charge in [-0.1, -0.05) is 25.4 Å². The number of carbonyl (C=O) groups is 1. The molecule has 7 heteroatoms. The van der Waals surface area contributed by atoms with Gasteiger partial charge in [0.1, 0.15) is 5.69 Å². The molecule has 0 radical (unpaired) electrons. The van der Waals surface area contributed by atoms with Gasteiger partial charge >= 0.3 is 5.97 Å². The summed E-state index contributed by atoms with van der Waals surface area (Å²) in [5.74, 6) is -0.616. The number of nitro groups is 1. The van der Waals surface area contributed by atoms with Gasteiger partial charge in [-0.2, -0.15) is 0 Å². The third-order valence-electron chi connectivity index (χ3n) is 3.00. The van der Waals surface area contributed by atoms with E-state index >= 15 is 0 Å². The maximum Gasteiger partial charge on any atom is 0.303 e. The highest BCUT2D eigenvalue weighted by molar-refractivity contribution is 6.31. The van der Waals surface area contributed by atoms with Crippen LogP contribution in [0.25, 0.3) is 0 Å². The molecule has 1 unspecified atom stereocenters. The molecule has 0 fully saturated rings. The minimum Gasteiger partial charge on any atom is -0.481 e. The zero-order valence-corrected chi connectivity index (χ0v) is 12.8. The first-order chi connectivity index (χ1) is 9.79. The lowest BCUT2D eigenvalue weighted by atomic mass is 9.94. The smallest absolute Gasteiger partial charge is 0.303 e. The van der Waals surface area contributed by atoms with E-state index in [1.165, 1.54) is 18.2 Å². The van der Waals surface area contributed by atoms with Crippen LogP contribution >= 0.6 is 11.6 Å². The highest BCUT2D eigenvalue weighted by Crippen LogP contribution is 2.28. The molecule has 116 valence electrons. The number of carboxylic acid groups (broad SMARTS) is 1. The summed E-state index contributed by atoms with van der Waals surface area (Å²) in [6, 6.07) is 4.26. The van der Waals surface area contributed by atoms with Gasteiger partial charge in [0.15, 0.2) is 0 Å². The molecule has 0 aromatic heterocycles. The Hall–Kier alpha value is -1.82. The van der Waals surface area contributed by atoms with Crippen LogP contribution in [0, 0.1) is 22.0 Å². The fourth-order valence-electron chi connectivity index (χ4n) is 2.22. The number of nitrogens with zero attached hydrogens (tertiary/aromatic N) is 1. The van der Waals surface area contributed by atoms with Crippen LogP contribution in [0.4, 0.5) is 11.4 Å². The second kappa shape index (κ2) is 7.83. The number of nitrogens with one attached hydrogen (secondary N) is 1. The summed E-state index contributed by atoms with van der Waals surface area (Å²) in [4.78, 5) is 21.3. The Kier molecular flexibility index (Phi) is 6.42. The third-order valence-corrected chi connectivity index (χ3v) is 3.24. The number of hydrogen-bond acceptors (Lipinski definition) is 4. The van der Waals surface area contributed by atoms with Crippen molar-refractivity contribution in [2.24, 2.45) is 11.8 Å². The zero-order valence-electron chi connectivity index (χ0n) is 12.0. The lowest BCUT2D eigenvalue weighted by Crippen LogP contribution is -2.20. The highest BCUT2D eigenvalue weighted by atomic mass is 35.5. The first-order valence-corrected chi connectivity index (χ1v) is 7.07. The highest BCUT2D eigenvalue weighted by Gasteiger charge is 2.18. The predicted molar refractivity (Wildman–Crippen MR) is 81.8 cm³/mol. The van der Waals surface area contributed by atoms with Crippen molar-refractivity contribution in [2.45, 2.75) is 26.7 Å². The second-order valence-corrected chi connectivity index (χ2v) is 5.83. The second-order valence-electron chi connectivity index (χ2n) is 5.39. The molecule has 0 saturated carbocycles. The van der Waals surface area contributed by atoms with Gasteiger partial charge in [-0.25, -0.2) is 0 Å². The Bertz CT molecular complexity index is 520. The van der Waals surface area contributed by atoms with Gasteiger partial charge in [0, 0.05) is 24.1 Å². The van der Waals surface area contributed by atoms with Gasteiger partial charge < -0.3 is 10.4 Å². The topological polar surface area (TPSA) is 92.5 Å². The van der Waals surface area contributed by atoms with E-state index in [1.54, 1.807) is 0 Å². The van der Waals surface area contributed by atoms with Crippen molar-refractivity contribution in [1.82, 2.24) is 0 Å². The van der Waals surface area contributed by atoms with E-state index in [4.69, 9.17) is 16.7 Å². The van der Waals surface area contributed by atoms with Gasteiger partial charge in [0.2, 0.25) is 0 Å². The monoisotopic (exact) mass is 314 g/mol. The quantitative estimate of drug-likeness (QED) is 0.562. The van der Waals surface area contributed by atoms with E-state index in [0.717, 1.165) is 6.42 Å². The van der Waals surface area contributed by atoms with Crippen LogP contribution < -0.4 is 5.32 Å². The number of anilines is 1. The molecule has 0 heterocycles. The molecule has 2 N–H and O–H groups in total. The lowest BCUT2D eigenvalue weighted by molar-refractivity contribution is -0.384. The normalized spacial score (nSPS) is 12.2. The molecule has 21 heavy (non-hydrogen) atoms. The first-order valence-electron chi connectivity index (χ1n) is 6.69. The molecule has 0 spiro atoms. The van der Waals surface area contributed by atoms with Crippen molar-refractivity contribution in [3.63, 3.8) is 0 Å². The van der Waals surface area contributed by atoms with E-state index in [9.17, 15) is 14.9 Å². The first kappa shape index (κ1) is 17.2. The van der Waals surface area contributed by atoms with Crippen molar-refractivity contribution in [3.05, 3.63) is 33.3 Å². The van der Waals surface area contributed by atoms with E-state index in [-0.39, 0.29) is 18.0 Å². The summed E-state index contributed by atoms with van der Waals surface area (Å²) >= 11 is 5.85. The van der Waals surface area contributed by atoms with Crippen molar-refractivity contribution in [1.29, 1.82) is 0 Å². The molecule has 0 aliphatic heterocycles. The number of hydrogen-bond donors (Lipinski definition) is 2. The lowest BCUT2D eigenvalue weighted by Gasteiger charge is -2.18. The van der Waals surface area contributed by atoms with Crippen LogP contribution in [0.15, 0.2) is 18.2 Å². The van der Waals surface area contributed by atoms with E-state index < -0.39 is 10.9 Å². The summed E-state index contributed by atoms with van der Waals surface area (Å²) < 4.78 is 0. The van der Waals surface area contributed by atoms with Gasteiger partial charge in [-0.15, -0.1) is 0 Å². The van der Waals surface area contributed by atoms with Crippen LogP contribution in [-0.4, -0.2) is 22.5 Å². The number of nitro benzene ring substituents is 1. The molecule has 1 aromatic rings. The largest absolute Gasteiger partial charge is 0.481 e. The maximum atomic E-state index is 11.0. The van der Waals surface area contributed by atoms with E-state index in [0.29, 0.717) is 23.2 Å². The number of halogens is 1. The summed E-state index contributed by atoms with van der Waals surface area (Å²) in [7, 11) is 0. The van der Waals surface area contributed by atoms with Crippen LogP contribution in [-0.2, 0) is 4.79 Å². The molecule has 0 saturated heterocycles. The van der Waals surface area contributed by atoms with Crippen LogP contribution in [0.1, 0.15) is 26.7 Å². The van der Waals surface area contributed by atoms with Crippen molar-refractivity contribution in [2.75, 3.05) is 11.9 Å². The Morgan fingerprint density at radius 1 is 1.48 bits per heavy atom. The standard InChI is InChI=1S/C14H19ClN2O4/c1-9(2)5-10(6-14(18)19)8-16-12-7-11(15)3-4-13(12)17(20)21/h3-4,7,9-10,16H,5-6,8H2,1-2H3,(H,18,19). The fraction of sp³-hybridized carbons (Fsp3) is 0.500. The molecular weight excluding hydrogens is 296 g/mol. The molecule has 0 aliphatic rings. The molecule has 0 amide bonds. The molecule has 0 bridgehead atoms. The minimum atomic E-state index is -0.872. The third kappa shape index (κ3) is 5.99. The molecule has 1 atom stereocenters. The van der Waals surface area contributed by atoms with Crippen LogP contribution in [0.2, 0.25) is 5.02 Å². The number of rotatable bonds is 8. The van der Waals surface area contributed by atoms with Crippen LogP contribution in [0.5, 0.6) is 0 Å². The average Bonchev–Trinajstić information content (AvgIpc) is 2.34. The Labute approximate surface area is 128 Å². The Morgan fingerprint density at radius 2 is 2.14 bits per heavy atom. The molecule has 6 nitrogen and oxygen atoms in total. The minimum absolute atomic E-state index is 0.0273. The zero-order chi connectivity index (χ0) is 16.0. The van der Waals surface area contributed by atoms with Gasteiger partial charge in [0.05, 0.1) is 4.92 Å². The molecule has 1 rings (SSSR count). The van der Waals surface area contributed by atoms with E-state index in [1.807, 2.05) is 13.8 Å². The van der Waals surface area contributed by atoms with Gasteiger partial charge in [0.25, 0.3) is 5.69 Å². The Morgan fingerprint density at radius 3 is 2.67 bits per heavy atom. The summed E-state index contributed by atoms with van der Waals surface area (Å²) in [6.07, 6.45) is 0.757. The van der Waals surface area contributed by atoms with Gasteiger partial charge in [-0.05, 0) is 30.4 Å². The molecular formula is C14H19ClN2O4. The Balaban J connectivity index is 2.81. The van der Waals surface area contributed by atoms with E-state index in [2.05, 4.69) is 5.32 Å². The van der Waals surface area contributed by atoms with Crippen LogP contribution in [0.3, 0.4) is 0 Å². The summed E-state index contributed by atoms with van der Waals surface area (Å²) in [5, 5.41) is 23.2.